The van der Waals surface area contributed by atoms with Gasteiger partial charge in [-0.15, -0.1) is 0 Å². The summed E-state index contributed by atoms with van der Waals surface area (Å²) >= 11 is 0. The standard InChI is InChI=1S/C18H24N2/c1-18(2,3)20-11-12-10-15-13(7-5-9-19-15)14-6-4-8-16(20)17(12)14/h4,6,8,11,13,15,19H,5,7,9-10H2,1-3H3/t13-,15-/m1/s1. The second-order valence-corrected chi connectivity index (χ2v) is 7.45. The Morgan fingerprint density at radius 2 is 2.10 bits per heavy atom. The molecule has 1 aromatic heterocycles. The van der Waals surface area contributed by atoms with Gasteiger partial charge in [0.25, 0.3) is 0 Å². The summed E-state index contributed by atoms with van der Waals surface area (Å²) in [5.41, 5.74) is 4.71. The molecule has 1 saturated heterocycles. The Morgan fingerprint density at radius 3 is 2.90 bits per heavy atom. The molecule has 2 heteroatoms. The van der Waals surface area contributed by atoms with E-state index in [0.29, 0.717) is 6.04 Å². The van der Waals surface area contributed by atoms with E-state index in [1.54, 1.807) is 16.5 Å². The van der Waals surface area contributed by atoms with Gasteiger partial charge in [-0.2, -0.15) is 0 Å². The lowest BCUT2D eigenvalue weighted by atomic mass is 9.76. The molecule has 1 fully saturated rings. The molecule has 4 rings (SSSR count). The summed E-state index contributed by atoms with van der Waals surface area (Å²) in [5, 5.41) is 5.29. The molecule has 0 saturated carbocycles. The molecule has 20 heavy (non-hydrogen) atoms. The first kappa shape index (κ1) is 12.5. The Balaban J connectivity index is 1.97. The summed E-state index contributed by atoms with van der Waals surface area (Å²) in [6.07, 6.45) is 6.26. The highest BCUT2D eigenvalue weighted by Crippen LogP contribution is 2.42. The molecule has 0 amide bonds. The molecule has 1 aliphatic heterocycles. The molecule has 2 aliphatic rings. The molecule has 0 radical (unpaired) electrons. The molecule has 0 bridgehead atoms. The lowest BCUT2D eigenvalue weighted by Gasteiger charge is -2.36. The zero-order valence-corrected chi connectivity index (χ0v) is 12.7. The number of nitrogens with zero attached hydrogens (tertiary/aromatic N) is 1. The summed E-state index contributed by atoms with van der Waals surface area (Å²) in [4.78, 5) is 0. The third-order valence-electron chi connectivity index (χ3n) is 5.09. The van der Waals surface area contributed by atoms with Crippen molar-refractivity contribution in [2.45, 2.75) is 57.5 Å². The second kappa shape index (κ2) is 4.11. The number of rotatable bonds is 0. The fourth-order valence-electron chi connectivity index (χ4n) is 4.19. The van der Waals surface area contributed by atoms with E-state index in [-0.39, 0.29) is 5.54 Å². The van der Waals surface area contributed by atoms with Crippen molar-refractivity contribution in [1.82, 2.24) is 9.88 Å². The maximum absolute atomic E-state index is 3.74. The first-order valence-electron chi connectivity index (χ1n) is 7.92. The smallest absolute Gasteiger partial charge is 0.0491 e. The van der Waals surface area contributed by atoms with Gasteiger partial charge in [0.1, 0.15) is 0 Å². The molecule has 0 unspecified atom stereocenters. The Kier molecular flexibility index (Phi) is 2.56. The number of aromatic nitrogens is 1. The summed E-state index contributed by atoms with van der Waals surface area (Å²) in [6.45, 7) is 8.08. The second-order valence-electron chi connectivity index (χ2n) is 7.45. The molecule has 1 aliphatic carbocycles. The molecular weight excluding hydrogens is 244 g/mol. The van der Waals surface area contributed by atoms with Crippen molar-refractivity contribution in [3.63, 3.8) is 0 Å². The van der Waals surface area contributed by atoms with Gasteiger partial charge >= 0.3 is 0 Å². The van der Waals surface area contributed by atoms with E-state index in [1.165, 1.54) is 31.3 Å². The minimum Gasteiger partial charge on any atom is -0.342 e. The highest BCUT2D eigenvalue weighted by atomic mass is 15.0. The average Bonchev–Trinajstić information content (AvgIpc) is 2.80. The van der Waals surface area contributed by atoms with Crippen LogP contribution in [0.25, 0.3) is 10.9 Å². The fraction of sp³-hybridized carbons (Fsp3) is 0.556. The minimum absolute atomic E-state index is 0.151. The topological polar surface area (TPSA) is 17.0 Å². The quantitative estimate of drug-likeness (QED) is 0.769. The lowest BCUT2D eigenvalue weighted by Crippen LogP contribution is -2.43. The van der Waals surface area contributed by atoms with E-state index in [0.717, 1.165) is 5.92 Å². The number of hydrogen-bond donors (Lipinski definition) is 1. The van der Waals surface area contributed by atoms with Crippen LogP contribution in [0.2, 0.25) is 0 Å². The lowest BCUT2D eigenvalue weighted by molar-refractivity contribution is 0.345. The van der Waals surface area contributed by atoms with Crippen molar-refractivity contribution in [3.8, 4) is 0 Å². The number of hydrogen-bond acceptors (Lipinski definition) is 1. The van der Waals surface area contributed by atoms with Gasteiger partial charge in [0.2, 0.25) is 0 Å². The van der Waals surface area contributed by atoms with Crippen LogP contribution in [0.15, 0.2) is 24.4 Å². The van der Waals surface area contributed by atoms with Crippen LogP contribution in [0.4, 0.5) is 0 Å². The normalized spacial score (nSPS) is 25.8. The van der Waals surface area contributed by atoms with Crippen LogP contribution in [0.5, 0.6) is 0 Å². The van der Waals surface area contributed by atoms with Crippen molar-refractivity contribution < 1.29 is 0 Å². The van der Waals surface area contributed by atoms with Gasteiger partial charge in [-0.1, -0.05) is 12.1 Å². The van der Waals surface area contributed by atoms with Crippen LogP contribution in [-0.2, 0) is 12.0 Å². The van der Waals surface area contributed by atoms with Gasteiger partial charge in [-0.25, -0.2) is 0 Å². The summed E-state index contributed by atoms with van der Waals surface area (Å²) < 4.78 is 2.47. The summed E-state index contributed by atoms with van der Waals surface area (Å²) in [7, 11) is 0. The molecule has 0 spiro atoms. The molecule has 2 nitrogen and oxygen atoms in total. The predicted octanol–water partition coefficient (Wildman–Crippen LogP) is 3.79. The van der Waals surface area contributed by atoms with Gasteiger partial charge in [-0.3, -0.25) is 0 Å². The molecular formula is C18H24N2. The van der Waals surface area contributed by atoms with Crippen molar-refractivity contribution in [2.24, 2.45) is 0 Å². The Morgan fingerprint density at radius 1 is 1.25 bits per heavy atom. The highest BCUT2D eigenvalue weighted by molar-refractivity contribution is 5.89. The van der Waals surface area contributed by atoms with Gasteiger partial charge in [0.05, 0.1) is 0 Å². The zero-order valence-electron chi connectivity index (χ0n) is 12.7. The Labute approximate surface area is 121 Å². The Bertz CT molecular complexity index is 660. The van der Waals surface area contributed by atoms with Crippen molar-refractivity contribution in [2.75, 3.05) is 6.54 Å². The predicted molar refractivity (Wildman–Crippen MR) is 84.4 cm³/mol. The number of benzene rings is 1. The van der Waals surface area contributed by atoms with E-state index < -0.39 is 0 Å². The van der Waals surface area contributed by atoms with Crippen molar-refractivity contribution in [3.05, 3.63) is 35.5 Å². The van der Waals surface area contributed by atoms with E-state index in [1.807, 2.05) is 0 Å². The minimum atomic E-state index is 0.151. The first-order chi connectivity index (χ1) is 9.55. The van der Waals surface area contributed by atoms with Gasteiger partial charge in [0.15, 0.2) is 0 Å². The monoisotopic (exact) mass is 268 g/mol. The van der Waals surface area contributed by atoms with Gasteiger partial charge < -0.3 is 9.88 Å². The van der Waals surface area contributed by atoms with Crippen LogP contribution >= 0.6 is 0 Å². The van der Waals surface area contributed by atoms with Gasteiger partial charge in [0, 0.05) is 34.6 Å². The van der Waals surface area contributed by atoms with E-state index in [9.17, 15) is 0 Å². The fourth-order valence-corrected chi connectivity index (χ4v) is 4.19. The molecule has 2 aromatic rings. The van der Waals surface area contributed by atoms with Crippen LogP contribution in [0.3, 0.4) is 0 Å². The van der Waals surface area contributed by atoms with E-state index >= 15 is 0 Å². The van der Waals surface area contributed by atoms with Crippen molar-refractivity contribution in [1.29, 1.82) is 0 Å². The van der Waals surface area contributed by atoms with E-state index in [4.69, 9.17) is 0 Å². The number of piperidine rings is 1. The van der Waals surface area contributed by atoms with E-state index in [2.05, 4.69) is 55.1 Å². The maximum atomic E-state index is 3.74. The summed E-state index contributed by atoms with van der Waals surface area (Å²) in [5.74, 6) is 0.718. The molecule has 1 aromatic carbocycles. The molecule has 2 atom stereocenters. The van der Waals surface area contributed by atoms with Crippen LogP contribution < -0.4 is 5.32 Å². The molecule has 106 valence electrons. The van der Waals surface area contributed by atoms with Crippen molar-refractivity contribution >= 4 is 10.9 Å². The highest BCUT2D eigenvalue weighted by Gasteiger charge is 2.34. The average molecular weight is 268 g/mol. The SMILES string of the molecule is CC(C)(C)n1cc2c3c(cccc31)[C@H]1CCCN[C@@H]1C2. The summed E-state index contributed by atoms with van der Waals surface area (Å²) in [6, 6.07) is 7.56. The number of nitrogens with one attached hydrogen (secondary N) is 1. The third-order valence-corrected chi connectivity index (χ3v) is 5.09. The Hall–Kier alpha value is -1.28. The van der Waals surface area contributed by atoms with Crippen LogP contribution in [0.1, 0.15) is 50.7 Å². The maximum Gasteiger partial charge on any atom is 0.0491 e. The van der Waals surface area contributed by atoms with Gasteiger partial charge in [-0.05, 0) is 63.8 Å². The number of fused-ring (bicyclic) bond motifs is 2. The van der Waals surface area contributed by atoms with Crippen LogP contribution in [0, 0.1) is 0 Å². The zero-order chi connectivity index (χ0) is 13.9. The molecule has 1 N–H and O–H groups in total. The van der Waals surface area contributed by atoms with Crippen LogP contribution in [-0.4, -0.2) is 17.2 Å². The largest absolute Gasteiger partial charge is 0.342 e. The molecule has 2 heterocycles. The third kappa shape index (κ3) is 1.67. The first-order valence-corrected chi connectivity index (χ1v) is 7.92.